The fourth-order valence-electron chi connectivity index (χ4n) is 2.07. The summed E-state index contributed by atoms with van der Waals surface area (Å²) in [5.74, 6) is 0.563. The van der Waals surface area contributed by atoms with Gasteiger partial charge in [0.15, 0.2) is 0 Å². The van der Waals surface area contributed by atoms with Crippen molar-refractivity contribution in [2.75, 3.05) is 5.73 Å². The van der Waals surface area contributed by atoms with Gasteiger partial charge in [-0.15, -0.1) is 0 Å². The molecule has 0 aliphatic heterocycles. The van der Waals surface area contributed by atoms with Gasteiger partial charge in [-0.1, -0.05) is 18.2 Å². The molecular weight excluding hydrogens is 224 g/mol. The molecule has 0 radical (unpaired) electrons. The molecule has 2 aromatic heterocycles. The van der Waals surface area contributed by atoms with Crippen LogP contribution in [0.1, 0.15) is 11.3 Å². The van der Waals surface area contributed by atoms with Crippen molar-refractivity contribution in [3.63, 3.8) is 0 Å². The third kappa shape index (κ3) is 1.62. The van der Waals surface area contributed by atoms with E-state index in [0.717, 1.165) is 27.8 Å². The standard InChI is InChI=1S/C14H14N4/c1-9-8-18(17-14(9)15)13-7-10(2)16-12-6-4-3-5-11(12)13/h3-8H,1-2H3,(H2,15,17). The largest absolute Gasteiger partial charge is 0.382 e. The topological polar surface area (TPSA) is 56.7 Å². The Balaban J connectivity index is 2.34. The number of hydrogen-bond acceptors (Lipinski definition) is 3. The smallest absolute Gasteiger partial charge is 0.148 e. The number of benzene rings is 1. The van der Waals surface area contributed by atoms with Gasteiger partial charge in [0, 0.05) is 22.8 Å². The van der Waals surface area contributed by atoms with Crippen molar-refractivity contribution in [3.8, 4) is 5.69 Å². The Kier molecular flexibility index (Phi) is 2.30. The van der Waals surface area contributed by atoms with E-state index in [0.29, 0.717) is 5.82 Å². The Morgan fingerprint density at radius 2 is 1.94 bits per heavy atom. The van der Waals surface area contributed by atoms with Crippen LogP contribution >= 0.6 is 0 Å². The van der Waals surface area contributed by atoms with Crippen molar-refractivity contribution in [1.29, 1.82) is 0 Å². The summed E-state index contributed by atoms with van der Waals surface area (Å²) < 4.78 is 1.82. The Bertz CT molecular complexity index is 708. The number of fused-ring (bicyclic) bond motifs is 1. The monoisotopic (exact) mass is 238 g/mol. The van der Waals surface area contributed by atoms with Crippen LogP contribution in [-0.4, -0.2) is 14.8 Å². The summed E-state index contributed by atoms with van der Waals surface area (Å²) >= 11 is 0. The zero-order chi connectivity index (χ0) is 12.7. The minimum Gasteiger partial charge on any atom is -0.382 e. The first-order chi connectivity index (χ1) is 8.65. The molecule has 4 heteroatoms. The first kappa shape index (κ1) is 10.8. The molecule has 3 aromatic rings. The highest BCUT2D eigenvalue weighted by molar-refractivity contribution is 5.87. The van der Waals surface area contributed by atoms with E-state index in [4.69, 9.17) is 5.73 Å². The summed E-state index contributed by atoms with van der Waals surface area (Å²) in [6, 6.07) is 10.1. The van der Waals surface area contributed by atoms with Gasteiger partial charge >= 0.3 is 0 Å². The van der Waals surface area contributed by atoms with E-state index in [1.807, 2.05) is 55.1 Å². The first-order valence-electron chi connectivity index (χ1n) is 5.83. The van der Waals surface area contributed by atoms with Crippen molar-refractivity contribution >= 4 is 16.7 Å². The van der Waals surface area contributed by atoms with E-state index in [1.54, 1.807) is 0 Å². The molecule has 0 aliphatic rings. The Labute approximate surface area is 105 Å². The molecule has 0 saturated heterocycles. The van der Waals surface area contributed by atoms with E-state index in [-0.39, 0.29) is 0 Å². The van der Waals surface area contributed by atoms with Gasteiger partial charge in [-0.2, -0.15) is 5.10 Å². The van der Waals surface area contributed by atoms with E-state index in [2.05, 4.69) is 10.1 Å². The molecule has 2 heterocycles. The predicted octanol–water partition coefficient (Wildman–Crippen LogP) is 2.62. The number of nitrogens with two attached hydrogens (primary N) is 1. The predicted molar refractivity (Wildman–Crippen MR) is 72.8 cm³/mol. The van der Waals surface area contributed by atoms with Crippen molar-refractivity contribution < 1.29 is 0 Å². The highest BCUT2D eigenvalue weighted by Gasteiger charge is 2.08. The Hall–Kier alpha value is -2.36. The summed E-state index contributed by atoms with van der Waals surface area (Å²) in [7, 11) is 0. The van der Waals surface area contributed by atoms with Crippen LogP contribution < -0.4 is 5.73 Å². The SMILES string of the molecule is Cc1cc(-n2cc(C)c(N)n2)c2ccccc2n1. The van der Waals surface area contributed by atoms with Gasteiger partial charge < -0.3 is 5.73 Å². The number of aromatic nitrogens is 3. The Morgan fingerprint density at radius 3 is 2.67 bits per heavy atom. The molecule has 0 spiro atoms. The molecule has 2 N–H and O–H groups in total. The molecule has 0 aliphatic carbocycles. The van der Waals surface area contributed by atoms with Gasteiger partial charge in [-0.3, -0.25) is 4.98 Å². The van der Waals surface area contributed by atoms with Crippen molar-refractivity contribution in [3.05, 3.63) is 47.8 Å². The van der Waals surface area contributed by atoms with Crippen molar-refractivity contribution in [2.24, 2.45) is 0 Å². The maximum Gasteiger partial charge on any atom is 0.148 e. The van der Waals surface area contributed by atoms with Crippen LogP contribution in [0, 0.1) is 13.8 Å². The molecule has 0 saturated carbocycles. The molecule has 18 heavy (non-hydrogen) atoms. The molecule has 0 amide bonds. The van der Waals surface area contributed by atoms with Crippen molar-refractivity contribution in [2.45, 2.75) is 13.8 Å². The van der Waals surface area contributed by atoms with Gasteiger partial charge in [-0.05, 0) is 26.0 Å². The van der Waals surface area contributed by atoms with E-state index in [9.17, 15) is 0 Å². The number of nitrogens with zero attached hydrogens (tertiary/aromatic N) is 3. The fourth-order valence-corrected chi connectivity index (χ4v) is 2.07. The zero-order valence-electron chi connectivity index (χ0n) is 10.4. The van der Waals surface area contributed by atoms with Gasteiger partial charge in [0.2, 0.25) is 0 Å². The highest BCUT2D eigenvalue weighted by Crippen LogP contribution is 2.22. The number of pyridine rings is 1. The lowest BCUT2D eigenvalue weighted by Gasteiger charge is -2.07. The van der Waals surface area contributed by atoms with E-state index >= 15 is 0 Å². The normalized spacial score (nSPS) is 11.0. The second-order valence-electron chi connectivity index (χ2n) is 4.44. The average Bonchev–Trinajstić information content (AvgIpc) is 2.68. The second-order valence-corrected chi connectivity index (χ2v) is 4.44. The summed E-state index contributed by atoms with van der Waals surface area (Å²) in [6.45, 7) is 3.94. The molecule has 0 bridgehead atoms. The fraction of sp³-hybridized carbons (Fsp3) is 0.143. The lowest BCUT2D eigenvalue weighted by molar-refractivity contribution is 0.889. The molecule has 0 atom stereocenters. The van der Waals surface area contributed by atoms with Gasteiger partial charge in [0.25, 0.3) is 0 Å². The van der Waals surface area contributed by atoms with E-state index in [1.165, 1.54) is 0 Å². The zero-order valence-corrected chi connectivity index (χ0v) is 10.4. The maximum atomic E-state index is 5.81. The summed E-state index contributed by atoms with van der Waals surface area (Å²) in [6.07, 6.45) is 1.94. The van der Waals surface area contributed by atoms with Gasteiger partial charge in [0.1, 0.15) is 5.82 Å². The molecule has 0 fully saturated rings. The highest BCUT2D eigenvalue weighted by atomic mass is 15.3. The third-order valence-corrected chi connectivity index (χ3v) is 3.00. The number of nitrogen functional groups attached to an aromatic ring is 1. The maximum absolute atomic E-state index is 5.81. The second kappa shape index (κ2) is 3.84. The van der Waals surface area contributed by atoms with Crippen LogP contribution in [0.25, 0.3) is 16.6 Å². The number of aryl methyl sites for hydroxylation is 2. The van der Waals surface area contributed by atoms with Gasteiger partial charge in [-0.25, -0.2) is 4.68 Å². The van der Waals surface area contributed by atoms with Crippen LogP contribution in [0.15, 0.2) is 36.5 Å². The lowest BCUT2D eigenvalue weighted by atomic mass is 10.1. The average molecular weight is 238 g/mol. The number of para-hydroxylation sites is 1. The minimum atomic E-state index is 0.563. The minimum absolute atomic E-state index is 0.563. The Morgan fingerprint density at radius 1 is 1.17 bits per heavy atom. The van der Waals surface area contributed by atoms with E-state index < -0.39 is 0 Å². The van der Waals surface area contributed by atoms with Crippen molar-refractivity contribution in [1.82, 2.24) is 14.8 Å². The first-order valence-corrected chi connectivity index (χ1v) is 5.83. The summed E-state index contributed by atoms with van der Waals surface area (Å²) in [5, 5.41) is 5.41. The van der Waals surface area contributed by atoms with Crippen LogP contribution in [0.2, 0.25) is 0 Å². The molecular formula is C14H14N4. The summed E-state index contributed by atoms with van der Waals surface area (Å²) in [4.78, 5) is 4.52. The third-order valence-electron chi connectivity index (χ3n) is 3.00. The number of anilines is 1. The molecule has 90 valence electrons. The molecule has 1 aromatic carbocycles. The number of rotatable bonds is 1. The van der Waals surface area contributed by atoms with Crippen LogP contribution in [0.3, 0.4) is 0 Å². The molecule has 0 unspecified atom stereocenters. The quantitative estimate of drug-likeness (QED) is 0.709. The van der Waals surface area contributed by atoms with Gasteiger partial charge in [0.05, 0.1) is 11.2 Å². The number of hydrogen-bond donors (Lipinski definition) is 1. The molecule has 4 nitrogen and oxygen atoms in total. The summed E-state index contributed by atoms with van der Waals surface area (Å²) in [5.41, 5.74) is 9.74. The molecule has 3 rings (SSSR count). The van der Waals surface area contributed by atoms with Crippen LogP contribution in [0.5, 0.6) is 0 Å². The van der Waals surface area contributed by atoms with Crippen LogP contribution in [0.4, 0.5) is 5.82 Å². The lowest BCUT2D eigenvalue weighted by Crippen LogP contribution is -1.99. The van der Waals surface area contributed by atoms with Crippen LogP contribution in [-0.2, 0) is 0 Å².